The Morgan fingerprint density at radius 3 is 2.35 bits per heavy atom. The fraction of sp³-hybridized carbons (Fsp3) is 0.133. The molecular formula is C15H10ClF3N4. The lowest BCUT2D eigenvalue weighted by atomic mass is 10.2. The van der Waals surface area contributed by atoms with Gasteiger partial charge >= 0.3 is 0 Å². The van der Waals surface area contributed by atoms with E-state index in [1.165, 1.54) is 47.4 Å². The third kappa shape index (κ3) is 3.50. The van der Waals surface area contributed by atoms with E-state index in [1.807, 2.05) is 0 Å². The van der Waals surface area contributed by atoms with E-state index in [2.05, 4.69) is 15.1 Å². The van der Waals surface area contributed by atoms with Crippen LogP contribution in [0.15, 0.2) is 42.7 Å². The number of hydrogen-bond acceptors (Lipinski definition) is 3. The maximum atomic E-state index is 13.0. The van der Waals surface area contributed by atoms with Crippen LogP contribution in [0.1, 0.15) is 23.6 Å². The summed E-state index contributed by atoms with van der Waals surface area (Å²) in [7, 11) is 0. The Bertz CT molecular complexity index is 801. The molecule has 0 aliphatic carbocycles. The van der Waals surface area contributed by atoms with Crippen molar-refractivity contribution in [1.82, 2.24) is 19.7 Å². The molecule has 4 nitrogen and oxygen atoms in total. The zero-order chi connectivity index (χ0) is 16.4. The molecule has 0 saturated heterocycles. The van der Waals surface area contributed by atoms with Gasteiger partial charge in [-0.05, 0) is 30.3 Å². The quantitative estimate of drug-likeness (QED) is 0.722. The van der Waals surface area contributed by atoms with Gasteiger partial charge in [-0.2, -0.15) is 5.10 Å². The molecule has 3 rings (SSSR count). The summed E-state index contributed by atoms with van der Waals surface area (Å²) < 4.78 is 40.3. The molecule has 118 valence electrons. The van der Waals surface area contributed by atoms with Crippen molar-refractivity contribution in [2.75, 3.05) is 0 Å². The highest BCUT2D eigenvalue weighted by Crippen LogP contribution is 2.22. The van der Waals surface area contributed by atoms with E-state index in [-0.39, 0.29) is 12.1 Å². The van der Waals surface area contributed by atoms with E-state index >= 15 is 0 Å². The monoisotopic (exact) mass is 338 g/mol. The SMILES string of the molecule is Fc1ccc(-n2nc(C(F)F)cc2Cc2ncc(Cl)cn2)cc1. The molecule has 0 bridgehead atoms. The third-order valence-electron chi connectivity index (χ3n) is 3.11. The topological polar surface area (TPSA) is 43.6 Å². The Balaban J connectivity index is 2.00. The summed E-state index contributed by atoms with van der Waals surface area (Å²) in [5.74, 6) is -0.00366. The number of alkyl halides is 2. The van der Waals surface area contributed by atoms with Gasteiger partial charge in [-0.1, -0.05) is 11.6 Å². The van der Waals surface area contributed by atoms with Gasteiger partial charge in [-0.15, -0.1) is 0 Å². The summed E-state index contributed by atoms with van der Waals surface area (Å²) in [5.41, 5.74) is 0.579. The molecule has 2 heterocycles. The molecule has 0 amide bonds. The molecule has 1 aromatic carbocycles. The van der Waals surface area contributed by atoms with Crippen LogP contribution in [-0.4, -0.2) is 19.7 Å². The Hall–Kier alpha value is -2.41. The van der Waals surface area contributed by atoms with Crippen LogP contribution in [0.25, 0.3) is 5.69 Å². The first-order valence-corrected chi connectivity index (χ1v) is 7.00. The van der Waals surface area contributed by atoms with Gasteiger partial charge < -0.3 is 0 Å². The first-order valence-electron chi connectivity index (χ1n) is 6.62. The number of halogens is 4. The molecule has 0 radical (unpaired) electrons. The number of rotatable bonds is 4. The van der Waals surface area contributed by atoms with Crippen LogP contribution in [0.4, 0.5) is 13.2 Å². The van der Waals surface area contributed by atoms with Crippen molar-refractivity contribution in [2.45, 2.75) is 12.8 Å². The zero-order valence-corrected chi connectivity index (χ0v) is 12.4. The van der Waals surface area contributed by atoms with Gasteiger partial charge in [0, 0.05) is 12.4 Å². The second kappa shape index (κ2) is 6.37. The number of aromatic nitrogens is 4. The van der Waals surface area contributed by atoms with Crippen LogP contribution >= 0.6 is 11.6 Å². The lowest BCUT2D eigenvalue weighted by Gasteiger charge is -2.07. The first-order chi connectivity index (χ1) is 11.0. The molecule has 2 aromatic heterocycles. The van der Waals surface area contributed by atoms with Crippen molar-refractivity contribution < 1.29 is 13.2 Å². The molecule has 0 atom stereocenters. The van der Waals surface area contributed by atoms with E-state index in [4.69, 9.17) is 11.6 Å². The molecule has 0 aliphatic rings. The van der Waals surface area contributed by atoms with E-state index < -0.39 is 12.2 Å². The van der Waals surface area contributed by atoms with Crippen molar-refractivity contribution in [2.24, 2.45) is 0 Å². The minimum atomic E-state index is -2.71. The average Bonchev–Trinajstić information content (AvgIpc) is 2.94. The minimum Gasteiger partial charge on any atom is -0.239 e. The van der Waals surface area contributed by atoms with Gasteiger partial charge in [-0.3, -0.25) is 0 Å². The molecule has 0 spiro atoms. The summed E-state index contributed by atoms with van der Waals surface area (Å²) in [6.07, 6.45) is 0.336. The summed E-state index contributed by atoms with van der Waals surface area (Å²) in [4.78, 5) is 8.09. The smallest absolute Gasteiger partial charge is 0.239 e. The highest BCUT2D eigenvalue weighted by atomic mass is 35.5. The molecule has 0 N–H and O–H groups in total. The Morgan fingerprint density at radius 2 is 1.74 bits per heavy atom. The lowest BCUT2D eigenvalue weighted by molar-refractivity contribution is 0.145. The molecule has 0 saturated carbocycles. The van der Waals surface area contributed by atoms with Gasteiger partial charge in [0.2, 0.25) is 0 Å². The third-order valence-corrected chi connectivity index (χ3v) is 3.31. The van der Waals surface area contributed by atoms with Crippen LogP contribution in [0.5, 0.6) is 0 Å². The van der Waals surface area contributed by atoms with Gasteiger partial charge in [0.05, 0.1) is 22.8 Å². The minimum absolute atomic E-state index is 0.189. The highest BCUT2D eigenvalue weighted by molar-refractivity contribution is 6.30. The van der Waals surface area contributed by atoms with Crippen LogP contribution in [0.3, 0.4) is 0 Å². The standard InChI is InChI=1S/C15H10ClF3N4/c16-9-7-20-14(21-8-9)6-12-5-13(15(18)19)22-23(12)11-3-1-10(17)2-4-11/h1-5,7-8,15H,6H2. The van der Waals surface area contributed by atoms with E-state index in [9.17, 15) is 13.2 Å². The van der Waals surface area contributed by atoms with Crippen LogP contribution in [0.2, 0.25) is 5.02 Å². The summed E-state index contributed by atoms with van der Waals surface area (Å²) in [5, 5.41) is 4.27. The van der Waals surface area contributed by atoms with Crippen molar-refractivity contribution >= 4 is 11.6 Å². The van der Waals surface area contributed by atoms with Crippen LogP contribution in [-0.2, 0) is 6.42 Å². The summed E-state index contributed by atoms with van der Waals surface area (Å²) in [6, 6.07) is 6.68. The van der Waals surface area contributed by atoms with Crippen molar-refractivity contribution in [3.63, 3.8) is 0 Å². The van der Waals surface area contributed by atoms with Gasteiger partial charge in [0.1, 0.15) is 17.3 Å². The van der Waals surface area contributed by atoms with Crippen LogP contribution < -0.4 is 0 Å². The zero-order valence-electron chi connectivity index (χ0n) is 11.6. The predicted octanol–water partition coefficient (Wildman–Crippen LogP) is 3.98. The summed E-state index contributed by atoms with van der Waals surface area (Å²) in [6.45, 7) is 0. The molecular weight excluding hydrogens is 329 g/mol. The molecule has 8 heteroatoms. The number of hydrogen-bond donors (Lipinski definition) is 0. The number of benzene rings is 1. The fourth-order valence-corrected chi connectivity index (χ4v) is 2.17. The first kappa shape index (κ1) is 15.5. The van der Waals surface area contributed by atoms with Gasteiger partial charge in [0.25, 0.3) is 6.43 Å². The number of nitrogens with zero attached hydrogens (tertiary/aromatic N) is 4. The van der Waals surface area contributed by atoms with E-state index in [0.717, 1.165) is 0 Å². The van der Waals surface area contributed by atoms with Crippen molar-refractivity contribution in [3.05, 3.63) is 70.8 Å². The maximum Gasteiger partial charge on any atom is 0.282 e. The largest absolute Gasteiger partial charge is 0.282 e. The van der Waals surface area contributed by atoms with Crippen LogP contribution in [0, 0.1) is 5.82 Å². The normalized spacial score (nSPS) is 11.2. The Kier molecular flexibility index (Phi) is 4.29. The molecule has 0 fully saturated rings. The second-order valence-corrected chi connectivity index (χ2v) is 5.18. The van der Waals surface area contributed by atoms with Crippen molar-refractivity contribution in [3.8, 4) is 5.69 Å². The van der Waals surface area contributed by atoms with E-state index in [0.29, 0.717) is 22.2 Å². The predicted molar refractivity (Wildman–Crippen MR) is 78.3 cm³/mol. The molecule has 3 aromatic rings. The molecule has 0 aliphatic heterocycles. The molecule has 0 unspecified atom stereocenters. The maximum absolute atomic E-state index is 13.0. The Morgan fingerprint density at radius 1 is 1.09 bits per heavy atom. The second-order valence-electron chi connectivity index (χ2n) is 4.74. The average molecular weight is 339 g/mol. The van der Waals surface area contributed by atoms with E-state index in [1.54, 1.807) is 0 Å². The summed E-state index contributed by atoms with van der Waals surface area (Å²) >= 11 is 5.73. The lowest BCUT2D eigenvalue weighted by Crippen LogP contribution is -2.05. The van der Waals surface area contributed by atoms with Gasteiger partial charge in [0.15, 0.2) is 0 Å². The Labute approximate surface area is 134 Å². The fourth-order valence-electron chi connectivity index (χ4n) is 2.07. The van der Waals surface area contributed by atoms with Crippen molar-refractivity contribution in [1.29, 1.82) is 0 Å². The highest BCUT2D eigenvalue weighted by Gasteiger charge is 2.17. The molecule has 23 heavy (non-hydrogen) atoms. The van der Waals surface area contributed by atoms with Gasteiger partial charge in [-0.25, -0.2) is 27.8 Å².